The topological polar surface area (TPSA) is 3.24 Å². The molecule has 16 heavy (non-hydrogen) atoms. The molecule has 0 aliphatic heterocycles. The Balaban J connectivity index is 2.00. The molecule has 1 saturated carbocycles. The highest BCUT2D eigenvalue weighted by Crippen LogP contribution is 2.51. The van der Waals surface area contributed by atoms with Gasteiger partial charge in [0, 0.05) is 0 Å². The monoisotopic (exact) mass is 217 g/mol. The fourth-order valence-electron chi connectivity index (χ4n) is 2.30. The third kappa shape index (κ3) is 2.46. The van der Waals surface area contributed by atoms with E-state index in [-0.39, 0.29) is 0 Å². The molecule has 2 rings (SSSR count). The van der Waals surface area contributed by atoms with Gasteiger partial charge in [0.25, 0.3) is 0 Å². The fourth-order valence-corrected chi connectivity index (χ4v) is 2.30. The van der Waals surface area contributed by atoms with Crippen molar-refractivity contribution in [2.24, 2.45) is 0 Å². The van der Waals surface area contributed by atoms with E-state index in [1.54, 1.807) is 5.56 Å². The lowest BCUT2D eigenvalue weighted by Crippen LogP contribution is -2.23. The molecule has 0 aromatic heterocycles. The van der Waals surface area contributed by atoms with Crippen molar-refractivity contribution in [1.82, 2.24) is 4.90 Å². The molecule has 0 radical (unpaired) electrons. The van der Waals surface area contributed by atoms with Gasteiger partial charge in [-0.2, -0.15) is 0 Å². The quantitative estimate of drug-likeness (QED) is 0.731. The predicted octanol–water partition coefficient (Wildman–Crippen LogP) is 3.37. The van der Waals surface area contributed by atoms with Gasteiger partial charge in [0.1, 0.15) is 0 Å². The number of rotatable bonds is 5. The summed E-state index contributed by atoms with van der Waals surface area (Å²) in [6.45, 7) is 6.77. The first-order chi connectivity index (χ1) is 7.66. The zero-order chi connectivity index (χ0) is 11.6. The molecular weight excluding hydrogens is 194 g/mol. The van der Waals surface area contributed by atoms with Gasteiger partial charge in [-0.05, 0) is 57.3 Å². The lowest BCUT2D eigenvalue weighted by Gasteiger charge is -2.20. The lowest BCUT2D eigenvalue weighted by molar-refractivity contribution is 0.329. The zero-order valence-electron chi connectivity index (χ0n) is 10.8. The fraction of sp³-hybridized carbons (Fsp3) is 0.600. The molecular formula is C15H23N. The molecule has 1 aliphatic carbocycles. The van der Waals surface area contributed by atoms with E-state index < -0.39 is 0 Å². The standard InChI is InChI=1S/C15H23N/c1-4-16(3)12-11-15(9-10-15)14-7-5-13(2)6-8-14/h5-8H,4,9-12H2,1-3H3. The maximum atomic E-state index is 2.41. The van der Waals surface area contributed by atoms with Gasteiger partial charge in [0.2, 0.25) is 0 Å². The number of aryl methyl sites for hydroxylation is 1. The highest BCUT2D eigenvalue weighted by molar-refractivity contribution is 5.33. The second-order valence-electron chi connectivity index (χ2n) is 5.29. The molecule has 0 spiro atoms. The van der Waals surface area contributed by atoms with E-state index in [4.69, 9.17) is 0 Å². The molecule has 0 atom stereocenters. The summed E-state index contributed by atoms with van der Waals surface area (Å²) in [5.41, 5.74) is 3.45. The number of hydrogen-bond donors (Lipinski definition) is 0. The van der Waals surface area contributed by atoms with Crippen molar-refractivity contribution >= 4 is 0 Å². The molecule has 0 saturated heterocycles. The summed E-state index contributed by atoms with van der Waals surface area (Å²) in [6.07, 6.45) is 4.08. The smallest absolute Gasteiger partial charge is 0.00134 e. The summed E-state index contributed by atoms with van der Waals surface area (Å²) in [6, 6.07) is 9.15. The van der Waals surface area contributed by atoms with E-state index >= 15 is 0 Å². The Hall–Kier alpha value is -0.820. The first-order valence-corrected chi connectivity index (χ1v) is 6.42. The Bertz CT molecular complexity index is 335. The molecule has 0 amide bonds. The van der Waals surface area contributed by atoms with Gasteiger partial charge >= 0.3 is 0 Å². The molecule has 0 heterocycles. The molecule has 1 fully saturated rings. The number of nitrogens with zero attached hydrogens (tertiary/aromatic N) is 1. The minimum Gasteiger partial charge on any atom is -0.307 e. The van der Waals surface area contributed by atoms with Crippen molar-refractivity contribution in [1.29, 1.82) is 0 Å². The zero-order valence-corrected chi connectivity index (χ0v) is 10.8. The molecule has 0 bridgehead atoms. The van der Waals surface area contributed by atoms with Crippen LogP contribution in [0.3, 0.4) is 0 Å². The molecule has 0 unspecified atom stereocenters. The average Bonchev–Trinajstić information content (AvgIpc) is 3.08. The van der Waals surface area contributed by atoms with Gasteiger partial charge in [0.05, 0.1) is 0 Å². The summed E-state index contributed by atoms with van der Waals surface area (Å²) in [5.74, 6) is 0. The van der Waals surface area contributed by atoms with E-state index in [0.29, 0.717) is 5.41 Å². The molecule has 1 heteroatoms. The highest BCUT2D eigenvalue weighted by Gasteiger charge is 2.43. The van der Waals surface area contributed by atoms with Crippen molar-refractivity contribution in [2.75, 3.05) is 20.1 Å². The van der Waals surface area contributed by atoms with Crippen LogP contribution in [0, 0.1) is 6.92 Å². The Morgan fingerprint density at radius 3 is 2.31 bits per heavy atom. The van der Waals surface area contributed by atoms with Crippen LogP contribution in [0.5, 0.6) is 0 Å². The SMILES string of the molecule is CCN(C)CCC1(c2ccc(C)cc2)CC1. The van der Waals surface area contributed by atoms with Crippen molar-refractivity contribution in [3.8, 4) is 0 Å². The summed E-state index contributed by atoms with van der Waals surface area (Å²) < 4.78 is 0. The lowest BCUT2D eigenvalue weighted by atomic mass is 9.91. The Kier molecular flexibility index (Phi) is 3.34. The molecule has 88 valence electrons. The van der Waals surface area contributed by atoms with Crippen molar-refractivity contribution < 1.29 is 0 Å². The van der Waals surface area contributed by atoms with Crippen molar-refractivity contribution in [2.45, 2.75) is 38.5 Å². The Morgan fingerprint density at radius 1 is 1.19 bits per heavy atom. The minimum absolute atomic E-state index is 0.525. The summed E-state index contributed by atoms with van der Waals surface area (Å²) in [7, 11) is 2.21. The first-order valence-electron chi connectivity index (χ1n) is 6.42. The Morgan fingerprint density at radius 2 is 1.81 bits per heavy atom. The number of hydrogen-bond acceptors (Lipinski definition) is 1. The molecule has 1 aliphatic rings. The van der Waals surface area contributed by atoms with Crippen LogP contribution in [0.2, 0.25) is 0 Å². The normalized spacial score (nSPS) is 17.8. The van der Waals surface area contributed by atoms with E-state index in [1.807, 2.05) is 0 Å². The van der Waals surface area contributed by atoms with E-state index in [2.05, 4.69) is 50.1 Å². The van der Waals surface area contributed by atoms with Gasteiger partial charge in [-0.15, -0.1) is 0 Å². The van der Waals surface area contributed by atoms with Crippen LogP contribution in [0.15, 0.2) is 24.3 Å². The van der Waals surface area contributed by atoms with Crippen LogP contribution in [-0.2, 0) is 5.41 Å². The van der Waals surface area contributed by atoms with Gasteiger partial charge in [-0.25, -0.2) is 0 Å². The molecule has 0 N–H and O–H groups in total. The maximum Gasteiger partial charge on any atom is -0.00134 e. The van der Waals surface area contributed by atoms with Gasteiger partial charge < -0.3 is 4.90 Å². The third-order valence-electron chi connectivity index (χ3n) is 4.03. The van der Waals surface area contributed by atoms with E-state index in [0.717, 1.165) is 6.54 Å². The minimum atomic E-state index is 0.525. The van der Waals surface area contributed by atoms with Crippen LogP contribution in [0.4, 0.5) is 0 Å². The second kappa shape index (κ2) is 4.58. The van der Waals surface area contributed by atoms with Crippen LogP contribution in [0.25, 0.3) is 0 Å². The average molecular weight is 217 g/mol. The van der Waals surface area contributed by atoms with Gasteiger partial charge in [-0.1, -0.05) is 36.8 Å². The molecule has 1 nitrogen and oxygen atoms in total. The van der Waals surface area contributed by atoms with Crippen LogP contribution in [0.1, 0.15) is 37.3 Å². The largest absolute Gasteiger partial charge is 0.307 e. The third-order valence-corrected chi connectivity index (χ3v) is 4.03. The van der Waals surface area contributed by atoms with E-state index in [1.165, 1.54) is 31.4 Å². The van der Waals surface area contributed by atoms with Crippen LogP contribution < -0.4 is 0 Å². The van der Waals surface area contributed by atoms with Crippen LogP contribution >= 0.6 is 0 Å². The van der Waals surface area contributed by atoms with Crippen molar-refractivity contribution in [3.05, 3.63) is 35.4 Å². The van der Waals surface area contributed by atoms with E-state index in [9.17, 15) is 0 Å². The maximum absolute atomic E-state index is 2.41. The van der Waals surface area contributed by atoms with Crippen molar-refractivity contribution in [3.63, 3.8) is 0 Å². The highest BCUT2D eigenvalue weighted by atomic mass is 15.1. The number of benzene rings is 1. The van der Waals surface area contributed by atoms with Gasteiger partial charge in [-0.3, -0.25) is 0 Å². The predicted molar refractivity (Wildman–Crippen MR) is 69.9 cm³/mol. The second-order valence-corrected chi connectivity index (χ2v) is 5.29. The molecule has 1 aromatic rings. The Labute approximate surface area is 99.5 Å². The van der Waals surface area contributed by atoms with Gasteiger partial charge in [0.15, 0.2) is 0 Å². The summed E-state index contributed by atoms with van der Waals surface area (Å²) in [4.78, 5) is 2.41. The summed E-state index contributed by atoms with van der Waals surface area (Å²) in [5, 5.41) is 0. The first kappa shape index (κ1) is 11.7. The summed E-state index contributed by atoms with van der Waals surface area (Å²) >= 11 is 0. The molecule has 1 aromatic carbocycles. The van der Waals surface area contributed by atoms with Crippen LogP contribution in [-0.4, -0.2) is 25.0 Å².